The fourth-order valence-electron chi connectivity index (χ4n) is 2.85. The summed E-state index contributed by atoms with van der Waals surface area (Å²) in [5.74, 6) is -0.619. The van der Waals surface area contributed by atoms with E-state index in [0.29, 0.717) is 25.3 Å². The van der Waals surface area contributed by atoms with Crippen LogP contribution in [0.2, 0.25) is 0 Å². The van der Waals surface area contributed by atoms with Gasteiger partial charge < -0.3 is 10.0 Å². The van der Waals surface area contributed by atoms with E-state index in [1.807, 2.05) is 6.92 Å². The second-order valence-electron chi connectivity index (χ2n) is 4.23. The minimum atomic E-state index is -0.745. The van der Waals surface area contributed by atoms with Crippen LogP contribution >= 0.6 is 0 Å². The Labute approximate surface area is 82.9 Å². The van der Waals surface area contributed by atoms with Crippen LogP contribution < -0.4 is 0 Å². The van der Waals surface area contributed by atoms with E-state index >= 15 is 0 Å². The van der Waals surface area contributed by atoms with E-state index in [1.165, 1.54) is 0 Å². The first-order valence-corrected chi connectivity index (χ1v) is 5.15. The van der Waals surface area contributed by atoms with E-state index in [2.05, 4.69) is 0 Å². The molecule has 3 unspecified atom stereocenters. The number of hydrogen-bond donors (Lipinski definition) is 1. The van der Waals surface area contributed by atoms with Gasteiger partial charge >= 0.3 is 5.97 Å². The van der Waals surface area contributed by atoms with Gasteiger partial charge in [0.25, 0.3) is 0 Å². The third-order valence-corrected chi connectivity index (χ3v) is 3.47. The van der Waals surface area contributed by atoms with Gasteiger partial charge in [-0.1, -0.05) is 0 Å². The Kier molecular flexibility index (Phi) is 2.21. The van der Waals surface area contributed by atoms with Crippen molar-refractivity contribution in [2.75, 3.05) is 6.54 Å². The van der Waals surface area contributed by atoms with Crippen molar-refractivity contribution in [2.24, 2.45) is 11.8 Å². The maximum atomic E-state index is 11.6. The zero-order valence-corrected chi connectivity index (χ0v) is 8.27. The minimum absolute atomic E-state index is 0.0382. The highest BCUT2D eigenvalue weighted by molar-refractivity contribution is 5.81. The molecule has 1 aliphatic heterocycles. The van der Waals surface area contributed by atoms with Crippen molar-refractivity contribution in [2.45, 2.75) is 32.2 Å². The van der Waals surface area contributed by atoms with Crippen LogP contribution in [0.15, 0.2) is 0 Å². The van der Waals surface area contributed by atoms with Crippen molar-refractivity contribution in [1.82, 2.24) is 4.90 Å². The van der Waals surface area contributed by atoms with Crippen molar-refractivity contribution in [3.8, 4) is 0 Å². The van der Waals surface area contributed by atoms with E-state index in [9.17, 15) is 9.59 Å². The predicted octanol–water partition coefficient (Wildman–Crippen LogP) is 0.718. The summed E-state index contributed by atoms with van der Waals surface area (Å²) in [5.41, 5.74) is 0. The highest BCUT2D eigenvalue weighted by Crippen LogP contribution is 2.41. The second-order valence-corrected chi connectivity index (χ2v) is 4.23. The summed E-state index contributed by atoms with van der Waals surface area (Å²) in [4.78, 5) is 24.3. The van der Waals surface area contributed by atoms with Crippen LogP contribution in [0.3, 0.4) is 0 Å². The van der Waals surface area contributed by atoms with Crippen LogP contribution in [0.4, 0.5) is 0 Å². The Morgan fingerprint density at radius 2 is 2.29 bits per heavy atom. The number of amides is 1. The molecule has 1 N–H and O–H groups in total. The van der Waals surface area contributed by atoms with Crippen molar-refractivity contribution in [3.63, 3.8) is 0 Å². The summed E-state index contributed by atoms with van der Waals surface area (Å²) in [5, 5.41) is 9.02. The van der Waals surface area contributed by atoms with Crippen molar-refractivity contribution in [1.29, 1.82) is 0 Å². The highest BCUT2D eigenvalue weighted by Gasteiger charge is 2.47. The molecule has 0 aromatic heterocycles. The van der Waals surface area contributed by atoms with Crippen LogP contribution in [0, 0.1) is 11.8 Å². The number of carbonyl (C=O) groups is 2. The van der Waals surface area contributed by atoms with Gasteiger partial charge in [-0.25, -0.2) is 0 Å². The van der Waals surface area contributed by atoms with Gasteiger partial charge in [0.2, 0.25) is 5.91 Å². The number of fused-ring (bicyclic) bond motifs is 2. The minimum Gasteiger partial charge on any atom is -0.481 e. The van der Waals surface area contributed by atoms with E-state index in [4.69, 9.17) is 5.11 Å². The molecule has 1 aliphatic carbocycles. The monoisotopic (exact) mass is 197 g/mol. The Hall–Kier alpha value is -1.06. The lowest BCUT2D eigenvalue weighted by Crippen LogP contribution is -2.46. The molecule has 1 amide bonds. The van der Waals surface area contributed by atoms with Gasteiger partial charge in [-0.2, -0.15) is 0 Å². The highest BCUT2D eigenvalue weighted by atomic mass is 16.4. The Bertz CT molecular complexity index is 275. The van der Waals surface area contributed by atoms with Gasteiger partial charge in [-0.3, -0.25) is 9.59 Å². The van der Waals surface area contributed by atoms with E-state index in [-0.39, 0.29) is 17.9 Å². The van der Waals surface area contributed by atoms with Crippen LogP contribution in [0.5, 0.6) is 0 Å². The fraction of sp³-hybridized carbons (Fsp3) is 0.800. The molecule has 3 atom stereocenters. The predicted molar refractivity (Wildman–Crippen MR) is 49.6 cm³/mol. The molecule has 1 heterocycles. The molecule has 4 nitrogen and oxygen atoms in total. The summed E-state index contributed by atoms with van der Waals surface area (Å²) in [6.45, 7) is 2.55. The summed E-state index contributed by atoms with van der Waals surface area (Å²) in [6, 6.07) is -0.0382. The number of carbonyl (C=O) groups excluding carboxylic acids is 1. The second kappa shape index (κ2) is 3.26. The van der Waals surface area contributed by atoms with Gasteiger partial charge in [0.15, 0.2) is 0 Å². The number of piperidine rings is 1. The molecular weight excluding hydrogens is 182 g/mol. The molecule has 1 saturated carbocycles. The standard InChI is InChI=1S/C10H15NO3/c1-2-11-8-4-6(5-9(11)12)3-7(8)10(13)14/h6-8H,2-5H2,1H3,(H,13,14). The molecule has 78 valence electrons. The smallest absolute Gasteiger partial charge is 0.308 e. The maximum Gasteiger partial charge on any atom is 0.308 e. The van der Waals surface area contributed by atoms with Gasteiger partial charge in [-0.15, -0.1) is 0 Å². The number of likely N-dealkylation sites (tertiary alicyclic amines) is 1. The summed E-state index contributed by atoms with van der Waals surface area (Å²) < 4.78 is 0. The van der Waals surface area contributed by atoms with Crippen molar-refractivity contribution in [3.05, 3.63) is 0 Å². The van der Waals surface area contributed by atoms with E-state index < -0.39 is 5.97 Å². The molecule has 0 aromatic carbocycles. The molecule has 4 heteroatoms. The van der Waals surface area contributed by atoms with E-state index in [1.54, 1.807) is 4.90 Å². The van der Waals surface area contributed by atoms with Gasteiger partial charge in [0.05, 0.1) is 5.92 Å². The quantitative estimate of drug-likeness (QED) is 0.709. The lowest BCUT2D eigenvalue weighted by Gasteiger charge is -2.33. The number of aliphatic carboxylic acids is 1. The van der Waals surface area contributed by atoms with Gasteiger partial charge in [0, 0.05) is 19.0 Å². The number of carboxylic acids is 1. The molecule has 2 aliphatic rings. The maximum absolute atomic E-state index is 11.6. The molecule has 1 saturated heterocycles. The largest absolute Gasteiger partial charge is 0.481 e. The third-order valence-electron chi connectivity index (χ3n) is 3.47. The zero-order chi connectivity index (χ0) is 10.3. The molecule has 2 rings (SSSR count). The summed E-state index contributed by atoms with van der Waals surface area (Å²) >= 11 is 0. The first-order valence-electron chi connectivity index (χ1n) is 5.15. The third kappa shape index (κ3) is 1.29. The average molecular weight is 197 g/mol. The van der Waals surface area contributed by atoms with Crippen LogP contribution in [0.25, 0.3) is 0 Å². The lowest BCUT2D eigenvalue weighted by atomic mass is 9.98. The SMILES string of the molecule is CCN1C(=O)CC2CC(C(=O)O)C1C2. The molecule has 0 spiro atoms. The number of rotatable bonds is 2. The number of carboxylic acid groups (broad SMARTS) is 1. The van der Waals surface area contributed by atoms with Crippen LogP contribution in [-0.2, 0) is 9.59 Å². The molecule has 14 heavy (non-hydrogen) atoms. The molecule has 0 radical (unpaired) electrons. The fourth-order valence-corrected chi connectivity index (χ4v) is 2.85. The lowest BCUT2D eigenvalue weighted by molar-refractivity contribution is -0.145. The topological polar surface area (TPSA) is 57.6 Å². The van der Waals surface area contributed by atoms with Crippen molar-refractivity contribution < 1.29 is 14.7 Å². The molecular formula is C10H15NO3. The van der Waals surface area contributed by atoms with Crippen molar-refractivity contribution >= 4 is 11.9 Å². The van der Waals surface area contributed by atoms with E-state index in [0.717, 1.165) is 6.42 Å². The normalized spacial score (nSPS) is 36.2. The molecule has 0 aromatic rings. The summed E-state index contributed by atoms with van der Waals surface area (Å²) in [7, 11) is 0. The Morgan fingerprint density at radius 1 is 1.57 bits per heavy atom. The van der Waals surface area contributed by atoms with Crippen LogP contribution in [-0.4, -0.2) is 34.5 Å². The average Bonchev–Trinajstić information content (AvgIpc) is 2.45. The molecule has 2 bridgehead atoms. The van der Waals surface area contributed by atoms with Crippen LogP contribution in [0.1, 0.15) is 26.2 Å². The van der Waals surface area contributed by atoms with Gasteiger partial charge in [-0.05, 0) is 25.7 Å². The van der Waals surface area contributed by atoms with Gasteiger partial charge in [0.1, 0.15) is 0 Å². The summed E-state index contributed by atoms with van der Waals surface area (Å²) in [6.07, 6.45) is 2.12. The number of nitrogens with zero attached hydrogens (tertiary/aromatic N) is 1. The first-order chi connectivity index (χ1) is 6.63. The number of hydrogen-bond acceptors (Lipinski definition) is 2. The first kappa shape index (κ1) is 9.49. The molecule has 2 fully saturated rings. The zero-order valence-electron chi connectivity index (χ0n) is 8.27. The Morgan fingerprint density at radius 3 is 2.86 bits per heavy atom. The Balaban J connectivity index is 2.21.